The summed E-state index contributed by atoms with van der Waals surface area (Å²) in [5, 5.41) is 0. The number of ether oxygens (including phenoxy) is 2. The van der Waals surface area contributed by atoms with Gasteiger partial charge in [-0.1, -0.05) is 6.92 Å². The van der Waals surface area contributed by atoms with Crippen molar-refractivity contribution in [2.24, 2.45) is 5.73 Å². The van der Waals surface area contributed by atoms with Crippen LogP contribution in [0.3, 0.4) is 0 Å². The summed E-state index contributed by atoms with van der Waals surface area (Å²) in [6, 6.07) is 3.07. The second-order valence-electron chi connectivity index (χ2n) is 5.53. The number of halogens is 3. The minimum atomic E-state index is -1.42. The van der Waals surface area contributed by atoms with Gasteiger partial charge in [-0.2, -0.15) is 4.98 Å². The van der Waals surface area contributed by atoms with Crippen molar-refractivity contribution in [3.05, 3.63) is 41.7 Å². The molecule has 8 nitrogen and oxygen atoms in total. The molecule has 1 unspecified atom stereocenters. The summed E-state index contributed by atoms with van der Waals surface area (Å²) in [5.74, 6) is -4.75. The molecule has 0 aliphatic carbocycles. The fourth-order valence-electron chi connectivity index (χ4n) is 2.41. The molecule has 2 amide bonds. The fraction of sp³-hybridized carbons (Fsp3) is 0.235. The number of carbonyl (C=O) groups is 2. The maximum atomic E-state index is 13.8. The molecule has 4 N–H and O–H groups in total. The largest absolute Gasteiger partial charge is 0.479 e. The summed E-state index contributed by atoms with van der Waals surface area (Å²) in [6.07, 6.45) is -2.67. The van der Waals surface area contributed by atoms with Gasteiger partial charge in [0.2, 0.25) is 0 Å². The molecule has 0 radical (unpaired) electrons. The summed E-state index contributed by atoms with van der Waals surface area (Å²) >= 11 is 0. The first-order valence-corrected chi connectivity index (χ1v) is 7.94. The Labute approximate surface area is 157 Å². The molecule has 0 spiro atoms. The van der Waals surface area contributed by atoms with Crippen LogP contribution < -0.4 is 21.1 Å². The van der Waals surface area contributed by atoms with E-state index in [1.165, 1.54) is 6.92 Å². The number of primary amides is 1. The van der Waals surface area contributed by atoms with E-state index in [2.05, 4.69) is 4.98 Å². The van der Waals surface area contributed by atoms with Gasteiger partial charge in [-0.3, -0.25) is 9.69 Å². The third kappa shape index (κ3) is 4.42. The van der Waals surface area contributed by atoms with Crippen LogP contribution in [0, 0.1) is 17.5 Å². The van der Waals surface area contributed by atoms with E-state index in [4.69, 9.17) is 20.9 Å². The monoisotopic (exact) mass is 398 g/mol. The molecule has 0 bridgehead atoms. The van der Waals surface area contributed by atoms with E-state index in [0.29, 0.717) is 11.0 Å². The van der Waals surface area contributed by atoms with Crippen LogP contribution in [-0.2, 0) is 9.53 Å². The molecule has 150 valence electrons. The van der Waals surface area contributed by atoms with Crippen LogP contribution in [0.25, 0.3) is 0 Å². The molecule has 0 saturated heterocycles. The zero-order chi connectivity index (χ0) is 21.0. The first-order valence-electron chi connectivity index (χ1n) is 7.94. The van der Waals surface area contributed by atoms with Crippen molar-refractivity contribution in [2.75, 3.05) is 17.7 Å². The minimum Gasteiger partial charge on any atom is -0.479 e. The van der Waals surface area contributed by atoms with Crippen LogP contribution in [-0.4, -0.2) is 30.2 Å². The predicted octanol–water partition coefficient (Wildman–Crippen LogP) is 2.63. The van der Waals surface area contributed by atoms with E-state index in [1.807, 2.05) is 0 Å². The van der Waals surface area contributed by atoms with E-state index in [9.17, 15) is 22.8 Å². The SMILES string of the molecule is CCC(OC(N)=O)C(=O)N(c1cc(F)cc(F)c1)c1nc(OC)c(F)cc1N. The minimum absolute atomic E-state index is 0.0195. The Balaban J connectivity index is 2.69. The number of hydrogen-bond donors (Lipinski definition) is 2. The Morgan fingerprint density at radius 1 is 1.18 bits per heavy atom. The molecular weight excluding hydrogens is 381 g/mol. The van der Waals surface area contributed by atoms with E-state index in [-0.39, 0.29) is 23.6 Å². The molecule has 1 heterocycles. The van der Waals surface area contributed by atoms with Crippen molar-refractivity contribution < 1.29 is 32.2 Å². The van der Waals surface area contributed by atoms with E-state index in [1.54, 1.807) is 0 Å². The molecule has 2 rings (SSSR count). The highest BCUT2D eigenvalue weighted by atomic mass is 19.1. The summed E-state index contributed by atoms with van der Waals surface area (Å²) < 4.78 is 50.9. The van der Waals surface area contributed by atoms with Crippen molar-refractivity contribution >= 4 is 29.2 Å². The number of hydrogen-bond acceptors (Lipinski definition) is 6. The maximum absolute atomic E-state index is 13.8. The number of pyridine rings is 1. The Kier molecular flexibility index (Phi) is 6.29. The van der Waals surface area contributed by atoms with Gasteiger partial charge in [0, 0.05) is 12.1 Å². The number of rotatable bonds is 6. The molecule has 0 aliphatic rings. The summed E-state index contributed by atoms with van der Waals surface area (Å²) in [5.41, 5.74) is 10.1. The third-order valence-corrected chi connectivity index (χ3v) is 3.59. The van der Waals surface area contributed by atoms with Crippen LogP contribution in [0.4, 0.5) is 35.2 Å². The number of nitrogen functional groups attached to an aromatic ring is 1. The number of anilines is 3. The number of carbonyl (C=O) groups excluding carboxylic acids is 2. The number of methoxy groups -OCH3 is 1. The Hall–Kier alpha value is -3.50. The van der Waals surface area contributed by atoms with Gasteiger partial charge in [0.1, 0.15) is 11.6 Å². The van der Waals surface area contributed by atoms with E-state index in [0.717, 1.165) is 25.3 Å². The average molecular weight is 398 g/mol. The quantitative estimate of drug-likeness (QED) is 0.772. The first kappa shape index (κ1) is 20.8. The molecule has 0 fully saturated rings. The number of aromatic nitrogens is 1. The molecule has 1 atom stereocenters. The van der Waals surface area contributed by atoms with Crippen LogP contribution in [0.5, 0.6) is 5.88 Å². The molecule has 11 heteroatoms. The lowest BCUT2D eigenvalue weighted by molar-refractivity contribution is -0.126. The second-order valence-corrected chi connectivity index (χ2v) is 5.53. The summed E-state index contributed by atoms with van der Waals surface area (Å²) in [4.78, 5) is 28.6. The van der Waals surface area contributed by atoms with Crippen LogP contribution in [0.15, 0.2) is 24.3 Å². The van der Waals surface area contributed by atoms with Crippen LogP contribution >= 0.6 is 0 Å². The fourth-order valence-corrected chi connectivity index (χ4v) is 2.41. The average Bonchev–Trinajstić information content (AvgIpc) is 2.60. The van der Waals surface area contributed by atoms with Gasteiger partial charge in [0.15, 0.2) is 17.7 Å². The number of nitrogens with zero attached hydrogens (tertiary/aromatic N) is 2. The van der Waals surface area contributed by atoms with Crippen molar-refractivity contribution in [1.82, 2.24) is 4.98 Å². The second kappa shape index (κ2) is 8.46. The molecule has 0 aliphatic heterocycles. The smallest absolute Gasteiger partial charge is 0.405 e. The zero-order valence-electron chi connectivity index (χ0n) is 14.9. The normalized spacial score (nSPS) is 11.6. The highest BCUT2D eigenvalue weighted by Gasteiger charge is 2.32. The van der Waals surface area contributed by atoms with Crippen molar-refractivity contribution in [3.63, 3.8) is 0 Å². The topological polar surface area (TPSA) is 121 Å². The highest BCUT2D eigenvalue weighted by molar-refractivity contribution is 6.04. The Bertz CT molecular complexity index is 890. The highest BCUT2D eigenvalue weighted by Crippen LogP contribution is 2.34. The first-order chi connectivity index (χ1) is 13.2. The van der Waals surface area contributed by atoms with Gasteiger partial charge >= 0.3 is 6.09 Å². The Morgan fingerprint density at radius 3 is 2.29 bits per heavy atom. The lowest BCUT2D eigenvalue weighted by atomic mass is 10.2. The van der Waals surface area contributed by atoms with Gasteiger partial charge in [0.05, 0.1) is 18.5 Å². The third-order valence-electron chi connectivity index (χ3n) is 3.59. The molecule has 0 saturated carbocycles. The number of benzene rings is 1. The standard InChI is InChI=1S/C17H17F3N4O4/c1-3-13(28-17(22)26)16(25)24(10-5-8(18)4-9(19)6-10)14-12(21)7-11(20)15(23-14)27-2/h4-7,13H,3,21H2,1-2H3,(H2,22,26). The lowest BCUT2D eigenvalue weighted by Crippen LogP contribution is -2.40. The summed E-state index contributed by atoms with van der Waals surface area (Å²) in [7, 11) is 1.13. The van der Waals surface area contributed by atoms with Crippen molar-refractivity contribution in [2.45, 2.75) is 19.4 Å². The molecular formula is C17H17F3N4O4. The van der Waals surface area contributed by atoms with E-state index >= 15 is 0 Å². The van der Waals surface area contributed by atoms with Crippen molar-refractivity contribution in [1.29, 1.82) is 0 Å². The van der Waals surface area contributed by atoms with Gasteiger partial charge in [-0.25, -0.2) is 18.0 Å². The van der Waals surface area contributed by atoms with Gasteiger partial charge in [0.25, 0.3) is 11.8 Å². The van der Waals surface area contributed by atoms with E-state index < -0.39 is 41.4 Å². The molecule has 2 aromatic rings. The molecule has 1 aromatic carbocycles. The van der Waals surface area contributed by atoms with Crippen LogP contribution in [0.1, 0.15) is 13.3 Å². The lowest BCUT2D eigenvalue weighted by Gasteiger charge is -2.27. The van der Waals surface area contributed by atoms with Crippen molar-refractivity contribution in [3.8, 4) is 5.88 Å². The predicted molar refractivity (Wildman–Crippen MR) is 93.4 cm³/mol. The summed E-state index contributed by atoms with van der Waals surface area (Å²) in [6.45, 7) is 1.51. The van der Waals surface area contributed by atoms with Gasteiger partial charge in [-0.15, -0.1) is 0 Å². The maximum Gasteiger partial charge on any atom is 0.405 e. The molecule has 28 heavy (non-hydrogen) atoms. The van der Waals surface area contributed by atoms with Crippen LogP contribution in [0.2, 0.25) is 0 Å². The van der Waals surface area contributed by atoms with Gasteiger partial charge in [-0.05, 0) is 18.6 Å². The zero-order valence-corrected chi connectivity index (χ0v) is 14.9. The number of nitrogens with two attached hydrogens (primary N) is 2. The molecule has 1 aromatic heterocycles. The van der Waals surface area contributed by atoms with Gasteiger partial charge < -0.3 is 20.9 Å². The Morgan fingerprint density at radius 2 is 1.79 bits per heavy atom. The number of amides is 2.